The van der Waals surface area contributed by atoms with Gasteiger partial charge in [-0.05, 0) is 12.1 Å². The number of halogens is 4. The Morgan fingerprint density at radius 2 is 1.94 bits per heavy atom. The van der Waals surface area contributed by atoms with Gasteiger partial charge in [0.25, 0.3) is 0 Å². The van der Waals surface area contributed by atoms with Crippen LogP contribution in [0.5, 0.6) is 0 Å². The van der Waals surface area contributed by atoms with Gasteiger partial charge in [0.2, 0.25) is 5.82 Å². The van der Waals surface area contributed by atoms with Crippen LogP contribution < -0.4 is 0 Å². The van der Waals surface area contributed by atoms with Gasteiger partial charge in [0.1, 0.15) is 6.20 Å². The highest BCUT2D eigenvalue weighted by atomic mass is 19.4. The minimum Gasteiger partial charge on any atom is -0.258 e. The Balaban J connectivity index is 2.83. The molecule has 0 saturated carbocycles. The summed E-state index contributed by atoms with van der Waals surface area (Å²) in [5, 5.41) is 9.92. The van der Waals surface area contributed by atoms with E-state index in [1.54, 1.807) is 0 Å². The van der Waals surface area contributed by atoms with Gasteiger partial charge >= 0.3 is 11.9 Å². The molecule has 0 aliphatic carbocycles. The summed E-state index contributed by atoms with van der Waals surface area (Å²) in [6, 6.07) is 2.72. The maximum atomic E-state index is 13.6. The standard InChI is InChI=1S/C10H4F4N2O2/c11-8-5-2-1-3-6(10(12,13)14)9(5)15-4-7(8)16(17)18/h1-4H. The molecule has 1 aromatic carbocycles. The van der Waals surface area contributed by atoms with Crippen molar-refractivity contribution in [3.63, 3.8) is 0 Å². The van der Waals surface area contributed by atoms with Crippen LogP contribution in [0.25, 0.3) is 10.9 Å². The molecule has 1 heterocycles. The highest BCUT2D eigenvalue weighted by Gasteiger charge is 2.34. The summed E-state index contributed by atoms with van der Waals surface area (Å²) in [5.41, 5.74) is -2.73. The zero-order chi connectivity index (χ0) is 13.5. The van der Waals surface area contributed by atoms with Crippen molar-refractivity contribution in [1.82, 2.24) is 4.98 Å². The molecule has 94 valence electrons. The lowest BCUT2D eigenvalue weighted by Crippen LogP contribution is -2.07. The molecule has 2 aromatic rings. The Morgan fingerprint density at radius 3 is 2.50 bits per heavy atom. The average Bonchev–Trinajstić information content (AvgIpc) is 2.27. The molecular formula is C10H4F4N2O2. The van der Waals surface area contributed by atoms with Crippen molar-refractivity contribution in [3.8, 4) is 0 Å². The molecule has 0 aliphatic rings. The summed E-state index contributed by atoms with van der Waals surface area (Å²) in [6.45, 7) is 0. The third kappa shape index (κ3) is 1.85. The van der Waals surface area contributed by atoms with Gasteiger partial charge in [-0.3, -0.25) is 10.1 Å². The zero-order valence-electron chi connectivity index (χ0n) is 8.53. The topological polar surface area (TPSA) is 56.0 Å². The van der Waals surface area contributed by atoms with Crippen LogP contribution in [0.1, 0.15) is 5.56 Å². The largest absolute Gasteiger partial charge is 0.418 e. The summed E-state index contributed by atoms with van der Waals surface area (Å²) in [6.07, 6.45) is -4.22. The van der Waals surface area contributed by atoms with Crippen LogP contribution in [0.15, 0.2) is 24.4 Å². The molecule has 0 saturated heterocycles. The monoisotopic (exact) mass is 260 g/mol. The first-order chi connectivity index (χ1) is 8.32. The van der Waals surface area contributed by atoms with Crippen LogP contribution in [0.4, 0.5) is 23.2 Å². The molecule has 18 heavy (non-hydrogen) atoms. The van der Waals surface area contributed by atoms with E-state index in [1.165, 1.54) is 0 Å². The second-order valence-corrected chi connectivity index (χ2v) is 3.41. The molecule has 0 unspecified atom stereocenters. The van der Waals surface area contributed by atoms with Crippen LogP contribution in [0.3, 0.4) is 0 Å². The number of nitrogens with zero attached hydrogens (tertiary/aromatic N) is 2. The van der Waals surface area contributed by atoms with Gasteiger partial charge in [0, 0.05) is 5.39 Å². The van der Waals surface area contributed by atoms with Gasteiger partial charge in [0.15, 0.2) is 0 Å². The zero-order valence-corrected chi connectivity index (χ0v) is 8.53. The van der Waals surface area contributed by atoms with Crippen molar-refractivity contribution in [3.05, 3.63) is 45.9 Å². The first kappa shape index (κ1) is 12.2. The van der Waals surface area contributed by atoms with E-state index in [1.807, 2.05) is 0 Å². The van der Waals surface area contributed by atoms with Crippen molar-refractivity contribution in [1.29, 1.82) is 0 Å². The number of nitro groups is 1. The van der Waals surface area contributed by atoms with E-state index in [-0.39, 0.29) is 0 Å². The fourth-order valence-corrected chi connectivity index (χ4v) is 1.54. The van der Waals surface area contributed by atoms with Crippen molar-refractivity contribution in [2.45, 2.75) is 6.18 Å². The van der Waals surface area contributed by atoms with Gasteiger partial charge in [-0.1, -0.05) is 6.07 Å². The highest BCUT2D eigenvalue weighted by Crippen LogP contribution is 2.35. The molecule has 0 N–H and O–H groups in total. The van der Waals surface area contributed by atoms with Gasteiger partial charge in [-0.15, -0.1) is 0 Å². The quantitative estimate of drug-likeness (QED) is 0.449. The SMILES string of the molecule is O=[N+]([O-])c1cnc2c(C(F)(F)F)cccc2c1F. The van der Waals surface area contributed by atoms with E-state index < -0.39 is 39.1 Å². The van der Waals surface area contributed by atoms with Crippen LogP contribution in [-0.4, -0.2) is 9.91 Å². The summed E-state index contributed by atoms with van der Waals surface area (Å²) in [7, 11) is 0. The molecular weight excluding hydrogens is 256 g/mol. The van der Waals surface area contributed by atoms with Crippen LogP contribution >= 0.6 is 0 Å². The molecule has 8 heteroatoms. The molecule has 0 spiro atoms. The smallest absolute Gasteiger partial charge is 0.258 e. The summed E-state index contributed by atoms with van der Waals surface area (Å²) in [5.74, 6) is -1.32. The van der Waals surface area contributed by atoms with Crippen LogP contribution in [-0.2, 0) is 6.18 Å². The lowest BCUT2D eigenvalue weighted by Gasteiger charge is -2.09. The third-order valence-electron chi connectivity index (χ3n) is 2.32. The van der Waals surface area contributed by atoms with Gasteiger partial charge in [-0.2, -0.15) is 17.6 Å². The number of fused-ring (bicyclic) bond motifs is 1. The maximum absolute atomic E-state index is 13.6. The second-order valence-electron chi connectivity index (χ2n) is 3.41. The number of alkyl halides is 3. The molecule has 2 rings (SSSR count). The lowest BCUT2D eigenvalue weighted by molar-refractivity contribution is -0.387. The minimum atomic E-state index is -4.70. The minimum absolute atomic E-state index is 0.479. The molecule has 0 radical (unpaired) electrons. The van der Waals surface area contributed by atoms with Gasteiger partial charge < -0.3 is 0 Å². The van der Waals surface area contributed by atoms with E-state index in [9.17, 15) is 27.7 Å². The first-order valence-corrected chi connectivity index (χ1v) is 4.61. The molecule has 0 fully saturated rings. The number of para-hydroxylation sites is 1. The predicted octanol–water partition coefficient (Wildman–Crippen LogP) is 3.30. The number of hydrogen-bond acceptors (Lipinski definition) is 3. The summed E-state index contributed by atoms with van der Waals surface area (Å²) >= 11 is 0. The Morgan fingerprint density at radius 1 is 1.28 bits per heavy atom. The Bertz CT molecular complexity index is 640. The normalized spacial score (nSPS) is 11.8. The predicted molar refractivity (Wildman–Crippen MR) is 53.4 cm³/mol. The number of benzene rings is 1. The molecule has 1 aromatic heterocycles. The van der Waals surface area contributed by atoms with Crippen LogP contribution in [0.2, 0.25) is 0 Å². The summed E-state index contributed by atoms with van der Waals surface area (Å²) in [4.78, 5) is 12.7. The van der Waals surface area contributed by atoms with Crippen molar-refractivity contribution in [2.75, 3.05) is 0 Å². The molecule has 0 bridgehead atoms. The Hall–Kier alpha value is -2.25. The molecule has 0 amide bonds. The maximum Gasteiger partial charge on any atom is 0.418 e. The Kier molecular flexibility index (Phi) is 2.64. The fourth-order valence-electron chi connectivity index (χ4n) is 1.54. The number of aromatic nitrogens is 1. The number of hydrogen-bond donors (Lipinski definition) is 0. The molecule has 0 atom stereocenters. The fraction of sp³-hybridized carbons (Fsp3) is 0.100. The molecule has 0 aliphatic heterocycles. The van der Waals surface area contributed by atoms with E-state index >= 15 is 0 Å². The average molecular weight is 260 g/mol. The van der Waals surface area contributed by atoms with Crippen molar-refractivity contribution in [2.24, 2.45) is 0 Å². The van der Waals surface area contributed by atoms with E-state index in [0.717, 1.165) is 18.2 Å². The number of rotatable bonds is 1. The van der Waals surface area contributed by atoms with E-state index in [0.29, 0.717) is 6.20 Å². The molecule has 4 nitrogen and oxygen atoms in total. The second kappa shape index (κ2) is 3.90. The lowest BCUT2D eigenvalue weighted by atomic mass is 10.1. The first-order valence-electron chi connectivity index (χ1n) is 4.61. The number of pyridine rings is 1. The van der Waals surface area contributed by atoms with E-state index in [2.05, 4.69) is 4.98 Å². The summed E-state index contributed by atoms with van der Waals surface area (Å²) < 4.78 is 51.5. The van der Waals surface area contributed by atoms with Crippen molar-refractivity contribution < 1.29 is 22.5 Å². The van der Waals surface area contributed by atoms with Crippen LogP contribution in [0, 0.1) is 15.9 Å². The Labute approximate surface area is 97.0 Å². The van der Waals surface area contributed by atoms with Crippen molar-refractivity contribution >= 4 is 16.6 Å². The third-order valence-corrected chi connectivity index (χ3v) is 2.32. The van der Waals surface area contributed by atoms with Gasteiger partial charge in [0.05, 0.1) is 16.0 Å². The highest BCUT2D eigenvalue weighted by molar-refractivity contribution is 5.84. The van der Waals surface area contributed by atoms with E-state index in [4.69, 9.17) is 0 Å². The van der Waals surface area contributed by atoms with Gasteiger partial charge in [-0.25, -0.2) is 4.98 Å².